The molecule has 0 atom stereocenters. The largest absolute Gasteiger partial charge is 0.508 e. The van der Waals surface area contributed by atoms with Crippen LogP contribution in [0.25, 0.3) is 6.08 Å². The molecule has 1 saturated heterocycles. The van der Waals surface area contributed by atoms with Crippen molar-refractivity contribution < 1.29 is 19.5 Å². The Kier molecular flexibility index (Phi) is 7.67. The molecule has 31 heavy (non-hydrogen) atoms. The number of phenols is 1. The van der Waals surface area contributed by atoms with Crippen molar-refractivity contribution in [3.05, 3.63) is 69.6 Å². The Morgan fingerprint density at radius 1 is 1.16 bits per heavy atom. The van der Waals surface area contributed by atoms with Crippen LogP contribution in [0.1, 0.15) is 28.8 Å². The Hall–Kier alpha value is -2.88. The summed E-state index contributed by atoms with van der Waals surface area (Å²) in [5.41, 5.74) is 5.53. The molecule has 1 fully saturated rings. The molecule has 1 aliphatic heterocycles. The normalized spacial score (nSPS) is 14.7. The summed E-state index contributed by atoms with van der Waals surface area (Å²) in [4.78, 5) is 38.5. The lowest BCUT2D eigenvalue weighted by Crippen LogP contribution is -2.41. The molecule has 0 bridgehead atoms. The van der Waals surface area contributed by atoms with Gasteiger partial charge in [-0.3, -0.25) is 30.1 Å². The highest BCUT2D eigenvalue weighted by Crippen LogP contribution is 2.33. The van der Waals surface area contributed by atoms with Gasteiger partial charge in [-0.25, -0.2) is 0 Å². The quantitative estimate of drug-likeness (QED) is 0.336. The first-order valence-corrected chi connectivity index (χ1v) is 10.8. The summed E-state index contributed by atoms with van der Waals surface area (Å²) in [6.07, 6.45) is 2.14. The number of amides is 3. The van der Waals surface area contributed by atoms with E-state index in [1.54, 1.807) is 12.1 Å². The van der Waals surface area contributed by atoms with Gasteiger partial charge in [0.1, 0.15) is 10.1 Å². The smallest absolute Gasteiger partial charge is 0.269 e. The number of nitrogens with one attached hydrogen (secondary N) is 2. The number of halogens is 1. The maximum absolute atomic E-state index is 12.6. The standard InChI is InChI=1S/C21H18ClN3O4S2/c22-16-8-2-1-5-13(16)12-17-20(29)25(21(30)31-17)10-4-9-18(27)23-24-19(28)14-6-3-7-15(26)11-14/h1-3,5-8,11-12,26H,4,9-10H2,(H,23,27)(H,24,28). The zero-order valence-corrected chi connectivity index (χ0v) is 18.5. The van der Waals surface area contributed by atoms with Crippen molar-refractivity contribution in [2.75, 3.05) is 6.54 Å². The van der Waals surface area contributed by atoms with Gasteiger partial charge in [-0.1, -0.05) is 59.8 Å². The van der Waals surface area contributed by atoms with Gasteiger partial charge in [-0.15, -0.1) is 0 Å². The molecule has 0 unspecified atom stereocenters. The van der Waals surface area contributed by atoms with Gasteiger partial charge in [0, 0.05) is 23.6 Å². The predicted octanol–water partition coefficient (Wildman–Crippen LogP) is 3.49. The monoisotopic (exact) mass is 475 g/mol. The SMILES string of the molecule is O=C(CCCN1C(=O)C(=Cc2ccccc2Cl)SC1=S)NNC(=O)c1cccc(O)c1. The molecule has 3 amide bonds. The summed E-state index contributed by atoms with van der Waals surface area (Å²) in [6, 6.07) is 12.9. The van der Waals surface area contributed by atoms with E-state index >= 15 is 0 Å². The summed E-state index contributed by atoms with van der Waals surface area (Å²) in [6.45, 7) is 0.276. The van der Waals surface area contributed by atoms with Crippen LogP contribution in [-0.2, 0) is 9.59 Å². The van der Waals surface area contributed by atoms with E-state index in [2.05, 4.69) is 10.9 Å². The van der Waals surface area contributed by atoms with Gasteiger partial charge in [0.15, 0.2) is 0 Å². The maximum atomic E-state index is 12.6. The first-order chi connectivity index (χ1) is 14.8. The van der Waals surface area contributed by atoms with E-state index in [0.29, 0.717) is 20.7 Å². The number of hydrogen-bond acceptors (Lipinski definition) is 6. The van der Waals surface area contributed by atoms with Crippen molar-refractivity contribution in [3.63, 3.8) is 0 Å². The number of aromatic hydroxyl groups is 1. The van der Waals surface area contributed by atoms with Gasteiger partial charge >= 0.3 is 0 Å². The fraction of sp³-hybridized carbons (Fsp3) is 0.143. The molecule has 2 aromatic rings. The maximum Gasteiger partial charge on any atom is 0.269 e. The molecule has 3 N–H and O–H groups in total. The highest BCUT2D eigenvalue weighted by atomic mass is 35.5. The van der Waals surface area contributed by atoms with Crippen molar-refractivity contribution in [2.24, 2.45) is 0 Å². The van der Waals surface area contributed by atoms with Gasteiger partial charge in [0.05, 0.1) is 4.91 Å². The minimum absolute atomic E-state index is 0.0500. The molecule has 160 valence electrons. The highest BCUT2D eigenvalue weighted by molar-refractivity contribution is 8.26. The molecule has 0 radical (unpaired) electrons. The number of carbonyl (C=O) groups is 3. The molecule has 7 nitrogen and oxygen atoms in total. The van der Waals surface area contributed by atoms with E-state index in [4.69, 9.17) is 23.8 Å². The van der Waals surface area contributed by atoms with Crippen LogP contribution in [0.4, 0.5) is 0 Å². The number of phenolic OH excluding ortho intramolecular Hbond substituents is 1. The van der Waals surface area contributed by atoms with Crippen molar-refractivity contribution in [2.45, 2.75) is 12.8 Å². The van der Waals surface area contributed by atoms with Crippen LogP contribution in [0.5, 0.6) is 5.75 Å². The van der Waals surface area contributed by atoms with Crippen LogP contribution in [0.3, 0.4) is 0 Å². The molecular formula is C21H18ClN3O4S2. The average Bonchev–Trinajstić information content (AvgIpc) is 3.01. The van der Waals surface area contributed by atoms with E-state index in [-0.39, 0.29) is 30.2 Å². The molecule has 0 aliphatic carbocycles. The minimum Gasteiger partial charge on any atom is -0.508 e. The van der Waals surface area contributed by atoms with Gasteiger partial charge in [0.25, 0.3) is 11.8 Å². The van der Waals surface area contributed by atoms with Crippen LogP contribution in [-0.4, -0.2) is 38.6 Å². The zero-order chi connectivity index (χ0) is 22.4. The molecule has 0 spiro atoms. The number of hydrazine groups is 1. The molecular weight excluding hydrogens is 458 g/mol. The molecule has 10 heteroatoms. The van der Waals surface area contributed by atoms with Crippen molar-refractivity contribution in [1.82, 2.24) is 15.8 Å². The van der Waals surface area contributed by atoms with Gasteiger partial charge in [-0.2, -0.15) is 0 Å². The lowest BCUT2D eigenvalue weighted by Gasteiger charge is -2.14. The Bertz CT molecular complexity index is 1070. The fourth-order valence-corrected chi connectivity index (χ4v) is 4.22. The average molecular weight is 476 g/mol. The van der Waals surface area contributed by atoms with Gasteiger partial charge in [-0.05, 0) is 42.3 Å². The third kappa shape index (κ3) is 6.06. The van der Waals surface area contributed by atoms with Crippen molar-refractivity contribution in [3.8, 4) is 5.75 Å². The van der Waals surface area contributed by atoms with Crippen molar-refractivity contribution >= 4 is 63.7 Å². The Morgan fingerprint density at radius 2 is 1.94 bits per heavy atom. The first kappa shape index (κ1) is 22.8. The number of thioether (sulfide) groups is 1. The second-order valence-corrected chi connectivity index (χ2v) is 8.59. The molecule has 0 saturated carbocycles. The molecule has 1 heterocycles. The van der Waals surface area contributed by atoms with Crippen LogP contribution >= 0.6 is 35.6 Å². The first-order valence-electron chi connectivity index (χ1n) is 9.23. The summed E-state index contributed by atoms with van der Waals surface area (Å²) in [5, 5.41) is 9.93. The summed E-state index contributed by atoms with van der Waals surface area (Å²) < 4.78 is 0.417. The highest BCUT2D eigenvalue weighted by Gasteiger charge is 2.31. The van der Waals surface area contributed by atoms with E-state index in [0.717, 1.165) is 5.56 Å². The van der Waals surface area contributed by atoms with Crippen LogP contribution in [0.15, 0.2) is 53.4 Å². The summed E-state index contributed by atoms with van der Waals surface area (Å²) >= 11 is 12.6. The molecule has 0 aromatic heterocycles. The third-order valence-corrected chi connectivity index (χ3v) is 6.00. The molecule has 2 aromatic carbocycles. The number of carbonyl (C=O) groups excluding carboxylic acids is 3. The zero-order valence-electron chi connectivity index (χ0n) is 16.1. The minimum atomic E-state index is -0.550. The number of rotatable bonds is 6. The van der Waals surface area contributed by atoms with Crippen LogP contribution in [0.2, 0.25) is 5.02 Å². The second kappa shape index (κ2) is 10.4. The number of hydrogen-bond donors (Lipinski definition) is 3. The van der Waals surface area contributed by atoms with E-state index in [1.807, 2.05) is 18.2 Å². The van der Waals surface area contributed by atoms with E-state index in [9.17, 15) is 19.5 Å². The van der Waals surface area contributed by atoms with Crippen molar-refractivity contribution in [1.29, 1.82) is 0 Å². The second-order valence-electron chi connectivity index (χ2n) is 6.51. The number of benzene rings is 2. The third-order valence-electron chi connectivity index (χ3n) is 4.27. The van der Waals surface area contributed by atoms with Crippen LogP contribution < -0.4 is 10.9 Å². The summed E-state index contributed by atoms with van der Waals surface area (Å²) in [7, 11) is 0. The fourth-order valence-electron chi connectivity index (χ4n) is 2.73. The molecule has 3 rings (SSSR count). The van der Waals surface area contributed by atoms with E-state index < -0.39 is 11.8 Å². The molecule has 1 aliphatic rings. The number of nitrogens with zero attached hydrogens (tertiary/aromatic N) is 1. The predicted molar refractivity (Wildman–Crippen MR) is 124 cm³/mol. The van der Waals surface area contributed by atoms with Crippen LogP contribution in [0, 0.1) is 0 Å². The topological polar surface area (TPSA) is 98.7 Å². The van der Waals surface area contributed by atoms with Gasteiger partial charge < -0.3 is 5.11 Å². The lowest BCUT2D eigenvalue weighted by atomic mass is 10.2. The van der Waals surface area contributed by atoms with Gasteiger partial charge in [0.2, 0.25) is 5.91 Å². The Morgan fingerprint density at radius 3 is 2.68 bits per heavy atom. The summed E-state index contributed by atoms with van der Waals surface area (Å²) in [5.74, 6) is -1.24. The van der Waals surface area contributed by atoms with E-state index in [1.165, 1.54) is 40.9 Å². The Labute approximate surface area is 193 Å². The Balaban J connectivity index is 1.47. The lowest BCUT2D eigenvalue weighted by molar-refractivity contribution is -0.124. The number of thiocarbonyl (C=S) groups is 1.